The number of hydrogen-bond donors (Lipinski definition) is 0. The highest BCUT2D eigenvalue weighted by molar-refractivity contribution is 6.24. The standard InChI is InChI=1S/C58H38/c1-5-21-39(22-6-1)53-54(40-23-7-2-8-24-40)58(52-38-44-30-14-16-32-46(44)48-34-18-20-36-50(48)52)56(42-27-11-4-12-28-42)55(41-25-9-3-10-26-41)57(53)51-37-43-29-13-15-31-45(43)47-33-17-19-35-49(47)51/h1-38H. The van der Waals surface area contributed by atoms with E-state index >= 15 is 0 Å². The molecule has 11 rings (SSSR count). The van der Waals surface area contributed by atoms with Crippen LogP contribution in [0.3, 0.4) is 0 Å². The first-order valence-electron chi connectivity index (χ1n) is 20.1. The Kier molecular flexibility index (Phi) is 8.26. The van der Waals surface area contributed by atoms with Gasteiger partial charge in [0.2, 0.25) is 0 Å². The summed E-state index contributed by atoms with van der Waals surface area (Å²) in [5, 5.41) is 9.93. The Hall–Kier alpha value is -7.54. The van der Waals surface area contributed by atoms with Crippen LogP contribution in [0.4, 0.5) is 0 Å². The molecular formula is C58H38. The largest absolute Gasteiger partial charge is 0.0622 e. The van der Waals surface area contributed by atoms with Crippen LogP contribution < -0.4 is 0 Å². The summed E-state index contributed by atoms with van der Waals surface area (Å²) in [5.74, 6) is 0. The monoisotopic (exact) mass is 734 g/mol. The summed E-state index contributed by atoms with van der Waals surface area (Å²) in [4.78, 5) is 0. The number of rotatable bonds is 6. The Morgan fingerprint density at radius 1 is 0.172 bits per heavy atom. The maximum absolute atomic E-state index is 2.44. The van der Waals surface area contributed by atoms with Gasteiger partial charge in [-0.05, 0) is 122 Å². The molecule has 0 aliphatic carbocycles. The van der Waals surface area contributed by atoms with Gasteiger partial charge in [0, 0.05) is 0 Å². The second-order valence-corrected chi connectivity index (χ2v) is 15.1. The quantitative estimate of drug-likeness (QED) is 0.149. The molecular weight excluding hydrogens is 697 g/mol. The van der Waals surface area contributed by atoms with Crippen molar-refractivity contribution in [3.8, 4) is 66.8 Å². The predicted molar refractivity (Wildman–Crippen MR) is 249 cm³/mol. The van der Waals surface area contributed by atoms with Crippen LogP contribution in [0.2, 0.25) is 0 Å². The van der Waals surface area contributed by atoms with Crippen molar-refractivity contribution in [2.24, 2.45) is 0 Å². The van der Waals surface area contributed by atoms with E-state index in [1.54, 1.807) is 0 Å². The average Bonchev–Trinajstić information content (AvgIpc) is 3.31. The Bertz CT molecular complexity index is 2960. The highest BCUT2D eigenvalue weighted by atomic mass is 14.3. The zero-order chi connectivity index (χ0) is 38.4. The van der Waals surface area contributed by atoms with Crippen molar-refractivity contribution in [3.63, 3.8) is 0 Å². The van der Waals surface area contributed by atoms with E-state index < -0.39 is 0 Å². The number of benzene rings is 11. The minimum Gasteiger partial charge on any atom is -0.0622 e. The highest BCUT2D eigenvalue weighted by Gasteiger charge is 2.31. The molecule has 0 heteroatoms. The highest BCUT2D eigenvalue weighted by Crippen LogP contribution is 2.58. The lowest BCUT2D eigenvalue weighted by molar-refractivity contribution is 1.53. The SMILES string of the molecule is c1ccc(-c2c(-c3ccccc3)c(-c3cc4ccccc4c4ccccc34)c(-c3ccccc3)c(-c3ccccc3)c2-c2cc3ccccc3c3ccccc23)cc1. The van der Waals surface area contributed by atoms with Gasteiger partial charge < -0.3 is 0 Å². The molecule has 0 bridgehead atoms. The molecule has 58 heavy (non-hydrogen) atoms. The lowest BCUT2D eigenvalue weighted by Crippen LogP contribution is -2.03. The zero-order valence-corrected chi connectivity index (χ0v) is 31.9. The molecule has 0 N–H and O–H groups in total. The van der Waals surface area contributed by atoms with Gasteiger partial charge in [0.15, 0.2) is 0 Å². The Labute approximate surface area is 339 Å². The van der Waals surface area contributed by atoms with Gasteiger partial charge in [0.25, 0.3) is 0 Å². The third-order valence-electron chi connectivity index (χ3n) is 11.8. The van der Waals surface area contributed by atoms with E-state index in [0.717, 1.165) is 0 Å². The van der Waals surface area contributed by atoms with Gasteiger partial charge in [-0.1, -0.05) is 218 Å². The molecule has 0 heterocycles. The summed E-state index contributed by atoms with van der Waals surface area (Å²) in [7, 11) is 0. The van der Waals surface area contributed by atoms with Gasteiger partial charge >= 0.3 is 0 Å². The molecule has 0 atom stereocenters. The molecule has 270 valence electrons. The van der Waals surface area contributed by atoms with Crippen LogP contribution in [0, 0.1) is 0 Å². The first-order valence-corrected chi connectivity index (χ1v) is 20.1. The van der Waals surface area contributed by atoms with Crippen LogP contribution in [-0.4, -0.2) is 0 Å². The summed E-state index contributed by atoms with van der Waals surface area (Å²) < 4.78 is 0. The molecule has 0 radical (unpaired) electrons. The van der Waals surface area contributed by atoms with Gasteiger partial charge in [-0.15, -0.1) is 0 Å². The second-order valence-electron chi connectivity index (χ2n) is 15.1. The Morgan fingerprint density at radius 3 is 0.724 bits per heavy atom. The maximum atomic E-state index is 2.44. The van der Waals surface area contributed by atoms with E-state index in [1.807, 2.05) is 0 Å². The first-order chi connectivity index (χ1) is 28.8. The van der Waals surface area contributed by atoms with Gasteiger partial charge in [-0.3, -0.25) is 0 Å². The summed E-state index contributed by atoms with van der Waals surface area (Å²) >= 11 is 0. The molecule has 0 aromatic heterocycles. The molecule has 0 aliphatic heterocycles. The second kappa shape index (κ2) is 14.2. The molecule has 0 nitrogen and oxygen atoms in total. The first kappa shape index (κ1) is 33.8. The lowest BCUT2D eigenvalue weighted by atomic mass is 9.72. The van der Waals surface area contributed by atoms with Crippen LogP contribution in [-0.2, 0) is 0 Å². The van der Waals surface area contributed by atoms with Gasteiger partial charge in [-0.2, -0.15) is 0 Å². The molecule has 0 fully saturated rings. The summed E-state index contributed by atoms with van der Waals surface area (Å²) in [6.07, 6.45) is 0. The zero-order valence-electron chi connectivity index (χ0n) is 31.9. The third-order valence-corrected chi connectivity index (χ3v) is 11.8. The van der Waals surface area contributed by atoms with Crippen molar-refractivity contribution in [1.82, 2.24) is 0 Å². The number of fused-ring (bicyclic) bond motifs is 6. The third kappa shape index (κ3) is 5.53. The van der Waals surface area contributed by atoms with E-state index in [1.165, 1.54) is 110 Å². The fourth-order valence-electron chi connectivity index (χ4n) is 9.38. The number of hydrogen-bond acceptors (Lipinski definition) is 0. The van der Waals surface area contributed by atoms with E-state index in [2.05, 4.69) is 231 Å². The van der Waals surface area contributed by atoms with Crippen LogP contribution in [0.5, 0.6) is 0 Å². The van der Waals surface area contributed by atoms with Crippen molar-refractivity contribution < 1.29 is 0 Å². The van der Waals surface area contributed by atoms with Crippen molar-refractivity contribution >= 4 is 43.1 Å². The fourth-order valence-corrected chi connectivity index (χ4v) is 9.38. The Balaban J connectivity index is 1.48. The van der Waals surface area contributed by atoms with Crippen LogP contribution >= 0.6 is 0 Å². The minimum absolute atomic E-state index is 1.18. The van der Waals surface area contributed by atoms with E-state index in [0.29, 0.717) is 0 Å². The molecule has 11 aromatic carbocycles. The van der Waals surface area contributed by atoms with E-state index in [-0.39, 0.29) is 0 Å². The molecule has 0 amide bonds. The topological polar surface area (TPSA) is 0 Å². The Morgan fingerprint density at radius 2 is 0.414 bits per heavy atom. The van der Waals surface area contributed by atoms with Gasteiger partial charge in [-0.25, -0.2) is 0 Å². The van der Waals surface area contributed by atoms with Crippen LogP contribution in [0.15, 0.2) is 231 Å². The van der Waals surface area contributed by atoms with Crippen molar-refractivity contribution in [3.05, 3.63) is 231 Å². The summed E-state index contributed by atoms with van der Waals surface area (Å²) in [6, 6.07) is 84.9. The molecule has 0 unspecified atom stereocenters. The fraction of sp³-hybridized carbons (Fsp3) is 0. The smallest absolute Gasteiger partial charge is 0.000741 e. The molecule has 0 saturated carbocycles. The van der Waals surface area contributed by atoms with Crippen molar-refractivity contribution in [1.29, 1.82) is 0 Å². The summed E-state index contributed by atoms with van der Waals surface area (Å²) in [6.45, 7) is 0. The summed E-state index contributed by atoms with van der Waals surface area (Å²) in [5.41, 5.74) is 14.5. The van der Waals surface area contributed by atoms with Crippen LogP contribution in [0.25, 0.3) is 110 Å². The van der Waals surface area contributed by atoms with E-state index in [4.69, 9.17) is 0 Å². The van der Waals surface area contributed by atoms with Gasteiger partial charge in [0.1, 0.15) is 0 Å². The molecule has 0 spiro atoms. The predicted octanol–water partition coefficient (Wildman–Crippen LogP) is 16.3. The minimum atomic E-state index is 1.18. The van der Waals surface area contributed by atoms with Crippen LogP contribution in [0.1, 0.15) is 0 Å². The molecule has 0 saturated heterocycles. The van der Waals surface area contributed by atoms with E-state index in [9.17, 15) is 0 Å². The van der Waals surface area contributed by atoms with Gasteiger partial charge in [0.05, 0.1) is 0 Å². The maximum Gasteiger partial charge on any atom is -0.000741 e. The lowest BCUT2D eigenvalue weighted by Gasteiger charge is -2.30. The molecule has 11 aromatic rings. The average molecular weight is 735 g/mol. The van der Waals surface area contributed by atoms with Crippen molar-refractivity contribution in [2.45, 2.75) is 0 Å². The normalized spacial score (nSPS) is 11.4. The van der Waals surface area contributed by atoms with Crippen molar-refractivity contribution in [2.75, 3.05) is 0 Å². The molecule has 0 aliphatic rings.